The molecule has 0 radical (unpaired) electrons. The van der Waals surface area contributed by atoms with Gasteiger partial charge in [-0.3, -0.25) is 0 Å². The topological polar surface area (TPSA) is 38.8 Å². The Balaban J connectivity index is 1.91. The maximum Gasteiger partial charge on any atom is 0.410 e. The number of carbonyl (C=O) groups excluding carboxylic acids is 1. The Bertz CT molecular complexity index is 392. The minimum Gasteiger partial charge on any atom is -0.444 e. The van der Waals surface area contributed by atoms with Gasteiger partial charge in [0, 0.05) is 11.0 Å². The van der Waals surface area contributed by atoms with Gasteiger partial charge in [-0.15, -0.1) is 0 Å². The number of piperidine rings is 1. The molecule has 0 bridgehead atoms. The molecule has 128 valence electrons. The van der Waals surface area contributed by atoms with E-state index < -0.39 is 5.60 Å². The molecule has 1 heterocycles. The van der Waals surface area contributed by atoms with E-state index in [0.29, 0.717) is 12.5 Å². The molecule has 0 aromatic rings. The number of likely N-dealkylation sites (tertiary alicyclic amines) is 1. The van der Waals surface area contributed by atoms with Crippen molar-refractivity contribution in [2.45, 2.75) is 64.6 Å². The van der Waals surface area contributed by atoms with E-state index in [1.165, 1.54) is 12.8 Å². The first-order valence-electron chi connectivity index (χ1n) is 8.42. The van der Waals surface area contributed by atoms with Crippen LogP contribution in [0.4, 0.5) is 4.79 Å². The fourth-order valence-corrected chi connectivity index (χ4v) is 3.80. The van der Waals surface area contributed by atoms with Crippen LogP contribution in [-0.2, 0) is 9.47 Å². The van der Waals surface area contributed by atoms with Crippen LogP contribution in [-0.4, -0.2) is 46.3 Å². The second-order valence-corrected chi connectivity index (χ2v) is 8.71. The Morgan fingerprint density at radius 2 is 2.09 bits per heavy atom. The molecule has 5 heteroatoms. The largest absolute Gasteiger partial charge is 0.444 e. The first-order valence-corrected chi connectivity index (χ1v) is 9.95. The maximum absolute atomic E-state index is 12.3. The number of halogens is 1. The van der Waals surface area contributed by atoms with Crippen LogP contribution in [0.3, 0.4) is 0 Å². The van der Waals surface area contributed by atoms with Gasteiger partial charge in [-0.25, -0.2) is 4.79 Å². The van der Waals surface area contributed by atoms with E-state index in [4.69, 9.17) is 9.47 Å². The number of alkyl halides is 1. The Hall–Kier alpha value is -0.0400. The van der Waals surface area contributed by atoms with Crippen molar-refractivity contribution in [3.8, 4) is 0 Å². The minimum absolute atomic E-state index is 0.196. The third-order valence-corrected chi connectivity index (χ3v) is 5.90. The molecule has 1 saturated carbocycles. The smallest absolute Gasteiger partial charge is 0.410 e. The zero-order chi connectivity index (χ0) is 16.4. The van der Waals surface area contributed by atoms with Gasteiger partial charge >= 0.3 is 6.09 Å². The van der Waals surface area contributed by atoms with E-state index in [-0.39, 0.29) is 11.7 Å². The van der Waals surface area contributed by atoms with Crippen molar-refractivity contribution in [2.24, 2.45) is 11.8 Å². The lowest BCUT2D eigenvalue weighted by atomic mass is 9.94. The van der Waals surface area contributed by atoms with Crippen molar-refractivity contribution >= 4 is 28.7 Å². The van der Waals surface area contributed by atoms with E-state index in [2.05, 4.69) is 29.5 Å². The number of hydrogen-bond donors (Lipinski definition) is 0. The predicted octanol–water partition coefficient (Wildman–Crippen LogP) is 4.25. The number of carbonyl (C=O) groups is 1. The standard InChI is InChI=1S/C17H30INO3/c1-13(14-6-7-14)10-21-17(11-18)8-5-9-19(12-17)15(20)22-16(2,3)4/h13-14H,5-12H2,1-4H3. The monoisotopic (exact) mass is 423 g/mol. The summed E-state index contributed by atoms with van der Waals surface area (Å²) in [5.41, 5.74) is -0.637. The number of ether oxygens (including phenoxy) is 2. The Labute approximate surface area is 148 Å². The second-order valence-electron chi connectivity index (χ2n) is 7.95. The summed E-state index contributed by atoms with van der Waals surface area (Å²) < 4.78 is 12.8. The van der Waals surface area contributed by atoms with Crippen LogP contribution in [0.2, 0.25) is 0 Å². The van der Waals surface area contributed by atoms with Gasteiger partial charge in [-0.2, -0.15) is 0 Å². The fourth-order valence-electron chi connectivity index (χ4n) is 2.96. The number of rotatable bonds is 5. The summed E-state index contributed by atoms with van der Waals surface area (Å²) in [4.78, 5) is 14.1. The normalized spacial score (nSPS) is 27.6. The number of hydrogen-bond acceptors (Lipinski definition) is 3. The molecule has 1 saturated heterocycles. The van der Waals surface area contributed by atoms with Crippen LogP contribution in [0.25, 0.3) is 0 Å². The lowest BCUT2D eigenvalue weighted by Gasteiger charge is -2.42. The van der Waals surface area contributed by atoms with Crippen LogP contribution < -0.4 is 0 Å². The van der Waals surface area contributed by atoms with Gasteiger partial charge in [0.1, 0.15) is 5.60 Å². The minimum atomic E-state index is -0.442. The van der Waals surface area contributed by atoms with Gasteiger partial charge in [0.05, 0.1) is 18.8 Å². The fraction of sp³-hybridized carbons (Fsp3) is 0.941. The van der Waals surface area contributed by atoms with Crippen LogP contribution in [0.15, 0.2) is 0 Å². The first-order chi connectivity index (χ1) is 10.2. The molecule has 22 heavy (non-hydrogen) atoms. The summed E-state index contributed by atoms with van der Waals surface area (Å²) >= 11 is 2.40. The quantitative estimate of drug-likeness (QED) is 0.490. The van der Waals surface area contributed by atoms with Crippen LogP contribution >= 0.6 is 22.6 Å². The van der Waals surface area contributed by atoms with Gasteiger partial charge in [-0.1, -0.05) is 29.5 Å². The molecule has 2 fully saturated rings. The zero-order valence-corrected chi connectivity index (χ0v) is 16.5. The van der Waals surface area contributed by atoms with Crippen molar-refractivity contribution in [1.29, 1.82) is 0 Å². The Kier molecular flexibility index (Phi) is 6.02. The molecular weight excluding hydrogens is 393 g/mol. The second kappa shape index (κ2) is 7.24. The lowest BCUT2D eigenvalue weighted by molar-refractivity contribution is -0.0856. The van der Waals surface area contributed by atoms with Gasteiger partial charge in [0.25, 0.3) is 0 Å². The van der Waals surface area contributed by atoms with E-state index >= 15 is 0 Å². The van der Waals surface area contributed by atoms with Crippen LogP contribution in [0.1, 0.15) is 53.4 Å². The average molecular weight is 423 g/mol. The molecule has 0 spiro atoms. The molecule has 2 aliphatic rings. The molecule has 4 nitrogen and oxygen atoms in total. The summed E-state index contributed by atoms with van der Waals surface area (Å²) in [7, 11) is 0. The van der Waals surface area contributed by atoms with Crippen LogP contribution in [0, 0.1) is 11.8 Å². The number of nitrogens with zero attached hydrogens (tertiary/aromatic N) is 1. The van der Waals surface area contributed by atoms with E-state index in [1.807, 2.05) is 25.7 Å². The Morgan fingerprint density at radius 1 is 1.41 bits per heavy atom. The molecule has 1 aliphatic heterocycles. The van der Waals surface area contributed by atoms with Gasteiger partial charge in [0.15, 0.2) is 0 Å². The van der Waals surface area contributed by atoms with E-state index in [0.717, 1.165) is 36.3 Å². The average Bonchev–Trinajstić information content (AvgIpc) is 3.28. The molecule has 0 aromatic carbocycles. The molecule has 2 atom stereocenters. The summed E-state index contributed by atoms with van der Waals surface area (Å²) in [6.07, 6.45) is 4.52. The van der Waals surface area contributed by atoms with Gasteiger partial charge in [-0.05, 0) is 58.3 Å². The van der Waals surface area contributed by atoms with E-state index in [1.54, 1.807) is 0 Å². The maximum atomic E-state index is 12.3. The molecule has 0 aromatic heterocycles. The van der Waals surface area contributed by atoms with Crippen molar-refractivity contribution < 1.29 is 14.3 Å². The highest BCUT2D eigenvalue weighted by atomic mass is 127. The summed E-state index contributed by atoms with van der Waals surface area (Å²) in [5, 5.41) is 0. The molecule has 2 rings (SSSR count). The molecule has 1 amide bonds. The molecular formula is C17H30INO3. The SMILES string of the molecule is CC(COC1(CI)CCCN(C(=O)OC(C)(C)C)C1)C1CC1. The van der Waals surface area contributed by atoms with Crippen molar-refractivity contribution in [2.75, 3.05) is 24.1 Å². The molecule has 2 unspecified atom stereocenters. The van der Waals surface area contributed by atoms with Crippen LogP contribution in [0.5, 0.6) is 0 Å². The highest BCUT2D eigenvalue weighted by Crippen LogP contribution is 2.38. The van der Waals surface area contributed by atoms with E-state index in [9.17, 15) is 4.79 Å². The van der Waals surface area contributed by atoms with Gasteiger partial charge < -0.3 is 14.4 Å². The van der Waals surface area contributed by atoms with Gasteiger partial charge in [0.2, 0.25) is 0 Å². The van der Waals surface area contributed by atoms with Crippen molar-refractivity contribution in [1.82, 2.24) is 4.90 Å². The summed E-state index contributed by atoms with van der Waals surface area (Å²) in [6, 6.07) is 0. The first kappa shape index (κ1) is 18.3. The predicted molar refractivity (Wildman–Crippen MR) is 96.5 cm³/mol. The lowest BCUT2D eigenvalue weighted by Crippen LogP contribution is -2.54. The van der Waals surface area contributed by atoms with Crippen molar-refractivity contribution in [3.05, 3.63) is 0 Å². The third kappa shape index (κ3) is 5.25. The van der Waals surface area contributed by atoms with Crippen molar-refractivity contribution in [3.63, 3.8) is 0 Å². The Morgan fingerprint density at radius 3 is 2.64 bits per heavy atom. The number of amides is 1. The highest BCUT2D eigenvalue weighted by Gasteiger charge is 2.40. The summed E-state index contributed by atoms with van der Waals surface area (Å²) in [6.45, 7) is 10.3. The summed E-state index contributed by atoms with van der Waals surface area (Å²) in [5.74, 6) is 1.49. The zero-order valence-electron chi connectivity index (χ0n) is 14.4. The highest BCUT2D eigenvalue weighted by molar-refractivity contribution is 14.1. The molecule has 0 N–H and O–H groups in total. The molecule has 1 aliphatic carbocycles. The third-order valence-electron chi connectivity index (χ3n) is 4.51.